The smallest absolute Gasteiger partial charge is 0.232 e. The van der Waals surface area contributed by atoms with Gasteiger partial charge in [-0.25, -0.2) is 4.68 Å². The molecule has 0 atom stereocenters. The van der Waals surface area contributed by atoms with Crippen molar-refractivity contribution in [1.82, 2.24) is 24.9 Å². The van der Waals surface area contributed by atoms with E-state index in [4.69, 9.17) is 0 Å². The molecule has 7 nitrogen and oxygen atoms in total. The van der Waals surface area contributed by atoms with E-state index in [1.165, 1.54) is 11.3 Å². The van der Waals surface area contributed by atoms with Crippen LogP contribution in [-0.4, -0.2) is 57.0 Å². The Labute approximate surface area is 170 Å². The van der Waals surface area contributed by atoms with Gasteiger partial charge in [-0.3, -0.25) is 4.79 Å². The van der Waals surface area contributed by atoms with Gasteiger partial charge in [-0.05, 0) is 19.1 Å². The number of hydrogen-bond acceptors (Lipinski definition) is 6. The number of nitrogens with zero attached hydrogens (tertiary/aromatic N) is 6. The Kier molecular flexibility index (Phi) is 4.90. The first-order valence-corrected chi connectivity index (χ1v) is 10.6. The number of aryl methyl sites for hydroxylation is 1. The second kappa shape index (κ2) is 7.20. The minimum absolute atomic E-state index is 0.0442. The second-order valence-electron chi connectivity index (χ2n) is 7.00. The first-order chi connectivity index (χ1) is 12.9. The Morgan fingerprint density at radius 3 is 2.56 bits per heavy atom. The average molecular weight is 449 g/mol. The molecule has 1 amide bonds. The first kappa shape index (κ1) is 18.4. The number of halogens is 1. The lowest BCUT2D eigenvalue weighted by Gasteiger charge is -2.37. The van der Waals surface area contributed by atoms with Gasteiger partial charge in [0.15, 0.2) is 0 Å². The fraction of sp³-hybridized carbons (Fsp3) is 0.444. The lowest BCUT2D eigenvalue weighted by atomic mass is 10.1. The maximum atomic E-state index is 12.2. The molecule has 1 saturated heterocycles. The van der Waals surface area contributed by atoms with Crippen LogP contribution in [0, 0.1) is 12.8 Å². The number of benzene rings is 1. The number of carbonyl (C=O) groups excluding carboxylic acids is 1. The highest BCUT2D eigenvalue weighted by Crippen LogP contribution is 2.32. The molecule has 1 fully saturated rings. The zero-order chi connectivity index (χ0) is 19.1. The maximum absolute atomic E-state index is 12.2. The summed E-state index contributed by atoms with van der Waals surface area (Å²) in [5.41, 5.74) is 2.04. The van der Waals surface area contributed by atoms with Crippen LogP contribution in [0.3, 0.4) is 0 Å². The standard InChI is InChI=1S/C18H21BrN6OS/c1-11(2)17(26)24-6-4-23(5-7-24)16-9-13(19)8-15-14(16)10-25(22-15)18-21-20-12(3)27-18/h8-11H,4-7H2,1-3H3. The molecule has 1 aliphatic rings. The molecule has 0 saturated carbocycles. The minimum Gasteiger partial charge on any atom is -0.367 e. The molecule has 0 unspecified atom stereocenters. The Hall–Kier alpha value is -2.00. The number of hydrogen-bond donors (Lipinski definition) is 0. The molecule has 142 valence electrons. The zero-order valence-corrected chi connectivity index (χ0v) is 17.9. The predicted molar refractivity (Wildman–Crippen MR) is 111 cm³/mol. The van der Waals surface area contributed by atoms with Crippen LogP contribution in [0.15, 0.2) is 22.8 Å². The molecule has 2 aromatic heterocycles. The van der Waals surface area contributed by atoms with Crippen molar-refractivity contribution in [3.05, 3.63) is 27.8 Å². The molecule has 0 aliphatic carbocycles. The summed E-state index contributed by atoms with van der Waals surface area (Å²) < 4.78 is 2.79. The molecule has 9 heteroatoms. The molecule has 0 N–H and O–H groups in total. The maximum Gasteiger partial charge on any atom is 0.232 e. The van der Waals surface area contributed by atoms with E-state index in [0.717, 1.165) is 57.4 Å². The van der Waals surface area contributed by atoms with Crippen molar-refractivity contribution >= 4 is 49.8 Å². The summed E-state index contributed by atoms with van der Waals surface area (Å²) in [5.74, 6) is 0.274. The topological polar surface area (TPSA) is 67.2 Å². The van der Waals surface area contributed by atoms with E-state index in [-0.39, 0.29) is 11.8 Å². The first-order valence-electron chi connectivity index (χ1n) is 8.95. The molecule has 1 aromatic carbocycles. The quantitative estimate of drug-likeness (QED) is 0.614. The molecule has 0 radical (unpaired) electrons. The molecule has 0 spiro atoms. The molecular weight excluding hydrogens is 428 g/mol. The molecule has 4 rings (SSSR count). The van der Waals surface area contributed by atoms with Crippen LogP contribution in [0.4, 0.5) is 5.69 Å². The average Bonchev–Trinajstić information content (AvgIpc) is 3.26. The molecule has 0 bridgehead atoms. The van der Waals surface area contributed by atoms with E-state index in [1.54, 1.807) is 4.68 Å². The van der Waals surface area contributed by atoms with Crippen LogP contribution in [0.5, 0.6) is 0 Å². The van der Waals surface area contributed by atoms with Gasteiger partial charge in [0.05, 0.1) is 5.52 Å². The second-order valence-corrected chi connectivity index (χ2v) is 9.08. The van der Waals surface area contributed by atoms with Crippen LogP contribution >= 0.6 is 27.3 Å². The summed E-state index contributed by atoms with van der Waals surface area (Å²) in [6.07, 6.45) is 2.02. The van der Waals surface area contributed by atoms with Crippen molar-refractivity contribution in [3.63, 3.8) is 0 Å². The third kappa shape index (κ3) is 3.58. The highest BCUT2D eigenvalue weighted by atomic mass is 79.9. The Bertz CT molecular complexity index is 989. The fourth-order valence-corrected chi connectivity index (χ4v) is 4.39. The number of fused-ring (bicyclic) bond motifs is 1. The molecular formula is C18H21BrN6OS. The summed E-state index contributed by atoms with van der Waals surface area (Å²) >= 11 is 5.12. The van der Waals surface area contributed by atoms with Gasteiger partial charge in [0.25, 0.3) is 0 Å². The van der Waals surface area contributed by atoms with Gasteiger partial charge in [0, 0.05) is 53.8 Å². The molecule has 1 aliphatic heterocycles. The SMILES string of the molecule is Cc1nnc(-n2cc3c(N4CCN(C(=O)C(C)C)CC4)cc(Br)cc3n2)s1. The van der Waals surface area contributed by atoms with Crippen molar-refractivity contribution in [1.29, 1.82) is 0 Å². The summed E-state index contributed by atoms with van der Waals surface area (Å²) in [7, 11) is 0. The van der Waals surface area contributed by atoms with Gasteiger partial charge in [0.2, 0.25) is 11.0 Å². The third-order valence-electron chi connectivity index (χ3n) is 4.71. The van der Waals surface area contributed by atoms with E-state index >= 15 is 0 Å². The van der Waals surface area contributed by atoms with Gasteiger partial charge in [-0.1, -0.05) is 41.1 Å². The highest BCUT2D eigenvalue weighted by molar-refractivity contribution is 9.10. The van der Waals surface area contributed by atoms with Crippen LogP contribution in [0.25, 0.3) is 16.0 Å². The minimum atomic E-state index is 0.0442. The van der Waals surface area contributed by atoms with Crippen LogP contribution in [0.2, 0.25) is 0 Å². The Balaban J connectivity index is 1.64. The van der Waals surface area contributed by atoms with Crippen LogP contribution < -0.4 is 4.90 Å². The van der Waals surface area contributed by atoms with E-state index < -0.39 is 0 Å². The van der Waals surface area contributed by atoms with Gasteiger partial charge in [-0.15, -0.1) is 10.2 Å². The van der Waals surface area contributed by atoms with Crippen LogP contribution in [-0.2, 0) is 4.79 Å². The summed E-state index contributed by atoms with van der Waals surface area (Å²) in [4.78, 5) is 16.5. The van der Waals surface area contributed by atoms with E-state index in [2.05, 4.69) is 42.2 Å². The third-order valence-corrected chi connectivity index (χ3v) is 5.99. The van der Waals surface area contributed by atoms with Crippen LogP contribution in [0.1, 0.15) is 18.9 Å². The lowest BCUT2D eigenvalue weighted by molar-refractivity contribution is -0.134. The van der Waals surface area contributed by atoms with Crippen molar-refractivity contribution < 1.29 is 4.79 Å². The van der Waals surface area contributed by atoms with Crippen molar-refractivity contribution in [2.45, 2.75) is 20.8 Å². The summed E-state index contributed by atoms with van der Waals surface area (Å²) in [5, 5.41) is 15.7. The number of amides is 1. The molecule has 3 heterocycles. The molecule has 27 heavy (non-hydrogen) atoms. The van der Waals surface area contributed by atoms with Crippen molar-refractivity contribution in [3.8, 4) is 5.13 Å². The van der Waals surface area contributed by atoms with E-state index in [9.17, 15) is 4.79 Å². The van der Waals surface area contributed by atoms with Crippen molar-refractivity contribution in [2.75, 3.05) is 31.1 Å². The number of piperazine rings is 1. The number of anilines is 1. The van der Waals surface area contributed by atoms with Gasteiger partial charge >= 0.3 is 0 Å². The fourth-order valence-electron chi connectivity index (χ4n) is 3.34. The number of rotatable bonds is 3. The normalized spacial score (nSPS) is 15.1. The summed E-state index contributed by atoms with van der Waals surface area (Å²) in [6, 6.07) is 4.14. The van der Waals surface area contributed by atoms with Gasteiger partial charge < -0.3 is 9.80 Å². The summed E-state index contributed by atoms with van der Waals surface area (Å²) in [6.45, 7) is 8.96. The van der Waals surface area contributed by atoms with Crippen molar-refractivity contribution in [2.24, 2.45) is 5.92 Å². The molecule has 3 aromatic rings. The monoisotopic (exact) mass is 448 g/mol. The Morgan fingerprint density at radius 1 is 1.19 bits per heavy atom. The number of carbonyl (C=O) groups is 1. The van der Waals surface area contributed by atoms with Gasteiger partial charge in [0.1, 0.15) is 5.01 Å². The lowest BCUT2D eigenvalue weighted by Crippen LogP contribution is -2.50. The number of aromatic nitrogens is 4. The predicted octanol–water partition coefficient (Wildman–Crippen LogP) is 3.25. The Morgan fingerprint density at radius 2 is 1.93 bits per heavy atom. The largest absolute Gasteiger partial charge is 0.367 e. The highest BCUT2D eigenvalue weighted by Gasteiger charge is 2.24. The zero-order valence-electron chi connectivity index (χ0n) is 15.5. The van der Waals surface area contributed by atoms with E-state index in [1.807, 2.05) is 37.9 Å². The van der Waals surface area contributed by atoms with E-state index in [0.29, 0.717) is 0 Å². The van der Waals surface area contributed by atoms with Gasteiger partial charge in [-0.2, -0.15) is 5.10 Å².